The van der Waals surface area contributed by atoms with Gasteiger partial charge in [-0.25, -0.2) is 0 Å². The molecule has 2 heterocycles. The first kappa shape index (κ1) is 17.7. The molecule has 0 bridgehead atoms. The molecule has 3 aliphatic rings. The van der Waals surface area contributed by atoms with E-state index in [-0.39, 0.29) is 17.7 Å². The minimum Gasteiger partial charge on any atom is -0.378 e. The highest BCUT2D eigenvalue weighted by Gasteiger charge is 2.31. The number of ether oxygens (including phenoxy) is 1. The summed E-state index contributed by atoms with van der Waals surface area (Å²) in [6.07, 6.45) is 11.1. The van der Waals surface area contributed by atoms with Gasteiger partial charge in [0, 0.05) is 23.9 Å². The van der Waals surface area contributed by atoms with Crippen molar-refractivity contribution in [1.29, 1.82) is 0 Å². The van der Waals surface area contributed by atoms with Crippen molar-refractivity contribution in [2.24, 2.45) is 5.92 Å². The summed E-state index contributed by atoms with van der Waals surface area (Å²) < 4.78 is 5.39. The van der Waals surface area contributed by atoms with Gasteiger partial charge in [0.15, 0.2) is 0 Å². The molecular formula is C20H26N2O3S. The fraction of sp³-hybridized carbons (Fsp3) is 0.600. The quantitative estimate of drug-likeness (QED) is 0.825. The maximum atomic E-state index is 13.2. The summed E-state index contributed by atoms with van der Waals surface area (Å²) in [4.78, 5) is 29.1. The Hall–Kier alpha value is -1.66. The van der Waals surface area contributed by atoms with Gasteiger partial charge < -0.3 is 15.0 Å². The van der Waals surface area contributed by atoms with Gasteiger partial charge in [0.1, 0.15) is 5.00 Å². The molecule has 0 aromatic carbocycles. The number of carbonyl (C=O) groups excluding carboxylic acids is 2. The van der Waals surface area contributed by atoms with Crippen LogP contribution in [-0.4, -0.2) is 43.0 Å². The Morgan fingerprint density at radius 1 is 1.15 bits per heavy atom. The number of thiophene rings is 1. The van der Waals surface area contributed by atoms with Crippen LogP contribution in [0, 0.1) is 5.92 Å². The van der Waals surface area contributed by atoms with Crippen molar-refractivity contribution in [3.63, 3.8) is 0 Å². The van der Waals surface area contributed by atoms with Crippen LogP contribution in [0.25, 0.3) is 0 Å². The highest BCUT2D eigenvalue weighted by molar-refractivity contribution is 7.17. The van der Waals surface area contributed by atoms with Crippen LogP contribution in [-0.2, 0) is 22.4 Å². The van der Waals surface area contributed by atoms with Crippen LogP contribution in [0.15, 0.2) is 12.2 Å². The lowest BCUT2D eigenvalue weighted by Gasteiger charge is -2.28. The van der Waals surface area contributed by atoms with Crippen molar-refractivity contribution >= 4 is 28.2 Å². The van der Waals surface area contributed by atoms with Crippen molar-refractivity contribution in [2.75, 3.05) is 31.6 Å². The molecule has 0 radical (unpaired) electrons. The number of hydrogen-bond donors (Lipinski definition) is 1. The Morgan fingerprint density at radius 2 is 1.96 bits per heavy atom. The van der Waals surface area contributed by atoms with Crippen LogP contribution in [0.1, 0.15) is 52.9 Å². The summed E-state index contributed by atoms with van der Waals surface area (Å²) in [7, 11) is 0. The van der Waals surface area contributed by atoms with Crippen LogP contribution >= 0.6 is 11.3 Å². The van der Waals surface area contributed by atoms with Crippen LogP contribution in [0.2, 0.25) is 0 Å². The van der Waals surface area contributed by atoms with E-state index in [0.717, 1.165) is 49.1 Å². The van der Waals surface area contributed by atoms with Gasteiger partial charge in [0.05, 0.1) is 18.8 Å². The smallest absolute Gasteiger partial charge is 0.257 e. The number of rotatable bonds is 3. The summed E-state index contributed by atoms with van der Waals surface area (Å²) in [5.74, 6) is 0.140. The molecule has 2 aliphatic carbocycles. The van der Waals surface area contributed by atoms with Crippen molar-refractivity contribution < 1.29 is 14.3 Å². The van der Waals surface area contributed by atoms with Gasteiger partial charge in [-0.15, -0.1) is 11.3 Å². The Balaban J connectivity index is 1.60. The third kappa shape index (κ3) is 3.58. The molecular weight excluding hydrogens is 348 g/mol. The molecule has 1 aromatic rings. The molecule has 1 aliphatic heterocycles. The average molecular weight is 375 g/mol. The molecule has 0 unspecified atom stereocenters. The maximum absolute atomic E-state index is 13.2. The van der Waals surface area contributed by atoms with Crippen LogP contribution in [0.5, 0.6) is 0 Å². The second kappa shape index (κ2) is 7.92. The Morgan fingerprint density at radius 3 is 2.73 bits per heavy atom. The molecule has 2 amide bonds. The topological polar surface area (TPSA) is 58.6 Å². The molecule has 140 valence electrons. The van der Waals surface area contributed by atoms with Crippen molar-refractivity contribution in [1.82, 2.24) is 4.90 Å². The number of amides is 2. The molecule has 26 heavy (non-hydrogen) atoms. The van der Waals surface area contributed by atoms with E-state index < -0.39 is 0 Å². The first-order chi connectivity index (χ1) is 12.7. The number of morpholine rings is 1. The summed E-state index contributed by atoms with van der Waals surface area (Å²) in [5.41, 5.74) is 1.93. The third-order valence-corrected chi connectivity index (χ3v) is 6.77. The molecule has 1 aromatic heterocycles. The number of aryl methyl sites for hydroxylation is 1. The first-order valence-electron chi connectivity index (χ1n) is 9.71. The summed E-state index contributed by atoms with van der Waals surface area (Å²) in [6.45, 7) is 2.44. The maximum Gasteiger partial charge on any atom is 0.257 e. The summed E-state index contributed by atoms with van der Waals surface area (Å²) in [5, 5.41) is 3.90. The van der Waals surface area contributed by atoms with E-state index in [0.29, 0.717) is 26.3 Å². The largest absolute Gasteiger partial charge is 0.378 e. The fourth-order valence-electron chi connectivity index (χ4n) is 4.05. The molecule has 0 saturated carbocycles. The zero-order valence-electron chi connectivity index (χ0n) is 15.1. The van der Waals surface area contributed by atoms with E-state index in [2.05, 4.69) is 17.5 Å². The van der Waals surface area contributed by atoms with Gasteiger partial charge in [-0.1, -0.05) is 12.2 Å². The van der Waals surface area contributed by atoms with Crippen LogP contribution in [0.4, 0.5) is 5.00 Å². The third-order valence-electron chi connectivity index (χ3n) is 5.56. The SMILES string of the molecule is O=C(Nc1sc2c(c1C(=O)N1CCOCC1)CCCC2)[C@H]1CC=CCC1. The predicted octanol–water partition coefficient (Wildman–Crippen LogP) is 3.39. The van der Waals surface area contributed by atoms with Gasteiger partial charge in [-0.05, 0) is 50.5 Å². The highest BCUT2D eigenvalue weighted by atomic mass is 32.1. The molecule has 1 N–H and O–H groups in total. The second-order valence-electron chi connectivity index (χ2n) is 7.29. The zero-order valence-corrected chi connectivity index (χ0v) is 15.9. The number of carbonyl (C=O) groups is 2. The van der Waals surface area contributed by atoms with E-state index in [1.165, 1.54) is 16.9 Å². The first-order valence-corrected chi connectivity index (χ1v) is 10.5. The highest BCUT2D eigenvalue weighted by Crippen LogP contribution is 2.39. The van der Waals surface area contributed by atoms with Crippen LogP contribution < -0.4 is 5.32 Å². The van der Waals surface area contributed by atoms with Gasteiger partial charge in [-0.2, -0.15) is 0 Å². The standard InChI is InChI=1S/C20H26N2O3S/c23-18(14-6-2-1-3-7-14)21-19-17(15-8-4-5-9-16(15)26-19)20(24)22-10-12-25-13-11-22/h1-2,14H,3-13H2,(H,21,23)/t14-/m0/s1. The second-order valence-corrected chi connectivity index (χ2v) is 8.40. The molecule has 6 heteroatoms. The molecule has 0 spiro atoms. The van der Waals surface area contributed by atoms with Gasteiger partial charge >= 0.3 is 0 Å². The normalized spacial score (nSPS) is 22.8. The average Bonchev–Trinajstić information content (AvgIpc) is 3.06. The van der Waals surface area contributed by atoms with E-state index in [1.54, 1.807) is 11.3 Å². The number of nitrogens with one attached hydrogen (secondary N) is 1. The van der Waals surface area contributed by atoms with Crippen molar-refractivity contribution in [2.45, 2.75) is 44.9 Å². The lowest BCUT2D eigenvalue weighted by Crippen LogP contribution is -2.41. The fourth-order valence-corrected chi connectivity index (χ4v) is 5.33. The molecule has 1 saturated heterocycles. The number of nitrogens with zero attached hydrogens (tertiary/aromatic N) is 1. The molecule has 1 fully saturated rings. The van der Waals surface area contributed by atoms with Gasteiger partial charge in [-0.3, -0.25) is 9.59 Å². The lowest BCUT2D eigenvalue weighted by atomic mass is 9.93. The molecule has 1 atom stereocenters. The van der Waals surface area contributed by atoms with E-state index >= 15 is 0 Å². The Labute approximate surface area is 158 Å². The molecule has 5 nitrogen and oxygen atoms in total. The van der Waals surface area contributed by atoms with Crippen molar-refractivity contribution in [3.8, 4) is 0 Å². The monoisotopic (exact) mass is 374 g/mol. The summed E-state index contributed by atoms with van der Waals surface area (Å²) >= 11 is 1.62. The summed E-state index contributed by atoms with van der Waals surface area (Å²) in [6, 6.07) is 0. The van der Waals surface area contributed by atoms with E-state index in [9.17, 15) is 9.59 Å². The molecule has 4 rings (SSSR count). The lowest BCUT2D eigenvalue weighted by molar-refractivity contribution is -0.120. The number of allylic oxidation sites excluding steroid dienone is 2. The van der Waals surface area contributed by atoms with Gasteiger partial charge in [0.2, 0.25) is 5.91 Å². The number of fused-ring (bicyclic) bond motifs is 1. The van der Waals surface area contributed by atoms with Gasteiger partial charge in [0.25, 0.3) is 5.91 Å². The minimum atomic E-state index is 0.0190. The van der Waals surface area contributed by atoms with E-state index in [1.807, 2.05) is 4.90 Å². The zero-order chi connectivity index (χ0) is 17.9. The van der Waals surface area contributed by atoms with Crippen molar-refractivity contribution in [3.05, 3.63) is 28.2 Å². The van der Waals surface area contributed by atoms with E-state index in [4.69, 9.17) is 4.74 Å². The number of anilines is 1. The number of hydrogen-bond acceptors (Lipinski definition) is 4. The Bertz CT molecular complexity index is 719. The minimum absolute atomic E-state index is 0.0190. The Kier molecular flexibility index (Phi) is 5.41. The predicted molar refractivity (Wildman–Crippen MR) is 103 cm³/mol. The van der Waals surface area contributed by atoms with Crippen LogP contribution in [0.3, 0.4) is 0 Å².